The van der Waals surface area contributed by atoms with Gasteiger partial charge in [-0.1, -0.05) is 4.73 Å². The molecule has 3 aromatic rings. The third-order valence-electron chi connectivity index (χ3n) is 3.71. The van der Waals surface area contributed by atoms with Crippen molar-refractivity contribution in [3.63, 3.8) is 0 Å². The SMILES string of the molecule is CC(=O)CCC(=O)On1c(=O)c2cc3c(=O)n(O)c(=O)c3cc2c1=O. The summed E-state index contributed by atoms with van der Waals surface area (Å²) in [4.78, 5) is 75.1. The topological polar surface area (TPSA) is 142 Å². The zero-order valence-electron chi connectivity index (χ0n) is 12.8. The van der Waals surface area contributed by atoms with Gasteiger partial charge in [0, 0.05) is 6.42 Å². The first-order valence-electron chi connectivity index (χ1n) is 7.07. The van der Waals surface area contributed by atoms with E-state index in [9.17, 15) is 34.0 Å². The summed E-state index contributed by atoms with van der Waals surface area (Å²) in [6, 6.07) is 1.98. The first-order chi connectivity index (χ1) is 11.7. The van der Waals surface area contributed by atoms with E-state index in [2.05, 4.69) is 4.84 Å². The summed E-state index contributed by atoms with van der Waals surface area (Å²) in [5.41, 5.74) is -4.04. The molecule has 0 saturated carbocycles. The first-order valence-corrected chi connectivity index (χ1v) is 7.07. The number of carbonyl (C=O) groups is 2. The van der Waals surface area contributed by atoms with E-state index in [0.717, 1.165) is 12.1 Å². The lowest BCUT2D eigenvalue weighted by Crippen LogP contribution is -2.35. The maximum Gasteiger partial charge on any atom is 0.333 e. The van der Waals surface area contributed by atoms with E-state index in [1.165, 1.54) is 6.92 Å². The van der Waals surface area contributed by atoms with Gasteiger partial charge < -0.3 is 14.8 Å². The molecule has 25 heavy (non-hydrogen) atoms. The predicted octanol–water partition coefficient (Wildman–Crippen LogP) is -1.53. The highest BCUT2D eigenvalue weighted by molar-refractivity contribution is 5.97. The highest BCUT2D eigenvalue weighted by Crippen LogP contribution is 2.13. The van der Waals surface area contributed by atoms with Crippen molar-refractivity contribution >= 4 is 33.3 Å². The third-order valence-corrected chi connectivity index (χ3v) is 3.71. The molecule has 0 aliphatic carbocycles. The number of carbonyl (C=O) groups excluding carboxylic acids is 2. The largest absolute Gasteiger partial charge is 0.422 e. The monoisotopic (exact) mass is 346 g/mol. The summed E-state index contributed by atoms with van der Waals surface area (Å²) in [6.07, 6.45) is -0.415. The molecule has 1 N–H and O–H groups in total. The van der Waals surface area contributed by atoms with Crippen molar-refractivity contribution in [2.24, 2.45) is 0 Å². The Hall–Kier alpha value is -3.56. The van der Waals surface area contributed by atoms with Gasteiger partial charge in [0.25, 0.3) is 22.2 Å². The molecule has 0 aliphatic heterocycles. The van der Waals surface area contributed by atoms with Gasteiger partial charge in [0.15, 0.2) is 0 Å². The number of fused-ring (bicyclic) bond motifs is 2. The van der Waals surface area contributed by atoms with Crippen molar-refractivity contribution in [3.8, 4) is 0 Å². The van der Waals surface area contributed by atoms with Crippen molar-refractivity contribution in [1.29, 1.82) is 0 Å². The Kier molecular flexibility index (Phi) is 3.59. The Morgan fingerprint density at radius 3 is 1.76 bits per heavy atom. The fraction of sp³-hybridized carbons (Fsp3) is 0.200. The number of nitrogens with zero attached hydrogens (tertiary/aromatic N) is 2. The minimum atomic E-state index is -1.03. The van der Waals surface area contributed by atoms with Gasteiger partial charge in [0.1, 0.15) is 5.78 Å². The highest BCUT2D eigenvalue weighted by Gasteiger charge is 2.21. The molecule has 0 saturated heterocycles. The summed E-state index contributed by atoms with van der Waals surface area (Å²) in [5.74, 6) is -1.22. The normalized spacial score (nSPS) is 11.2. The number of Topliss-reactive ketones (excluding diaryl/α,β-unsaturated/α-hetero) is 1. The molecule has 0 bridgehead atoms. The zero-order chi connectivity index (χ0) is 18.5. The molecule has 0 aliphatic rings. The molecule has 3 rings (SSSR count). The van der Waals surface area contributed by atoms with Crippen LogP contribution in [0, 0.1) is 0 Å². The lowest BCUT2D eigenvalue weighted by Gasteiger charge is -2.00. The molecule has 0 fully saturated rings. The summed E-state index contributed by atoms with van der Waals surface area (Å²) in [5, 5.41) is 8.37. The summed E-state index contributed by atoms with van der Waals surface area (Å²) in [7, 11) is 0. The van der Waals surface area contributed by atoms with Gasteiger partial charge in [-0.05, 0) is 19.1 Å². The Labute approximate surface area is 136 Å². The minimum absolute atomic E-state index is 0.106. The van der Waals surface area contributed by atoms with Crippen LogP contribution in [0.15, 0.2) is 31.3 Å². The second-order valence-corrected chi connectivity index (χ2v) is 5.44. The summed E-state index contributed by atoms with van der Waals surface area (Å²) < 4.78 is 0.0995. The number of hydrogen-bond donors (Lipinski definition) is 1. The van der Waals surface area contributed by atoms with Crippen molar-refractivity contribution in [2.75, 3.05) is 0 Å². The third kappa shape index (κ3) is 2.43. The molecule has 0 atom stereocenters. The van der Waals surface area contributed by atoms with E-state index in [4.69, 9.17) is 0 Å². The number of ketones is 1. The molecule has 128 valence electrons. The molecule has 2 aromatic heterocycles. The van der Waals surface area contributed by atoms with Gasteiger partial charge in [-0.25, -0.2) is 4.79 Å². The van der Waals surface area contributed by atoms with Gasteiger partial charge in [0.2, 0.25) is 0 Å². The second kappa shape index (κ2) is 5.51. The second-order valence-electron chi connectivity index (χ2n) is 5.44. The summed E-state index contributed by atoms with van der Waals surface area (Å²) in [6.45, 7) is 1.27. The molecule has 2 heterocycles. The molecule has 10 heteroatoms. The van der Waals surface area contributed by atoms with Crippen molar-refractivity contribution in [3.05, 3.63) is 53.5 Å². The first kappa shape index (κ1) is 16.3. The van der Waals surface area contributed by atoms with Crippen molar-refractivity contribution in [1.82, 2.24) is 9.46 Å². The molecule has 1 aromatic carbocycles. The van der Waals surface area contributed by atoms with Gasteiger partial charge in [-0.15, -0.1) is 4.73 Å². The van der Waals surface area contributed by atoms with Crippen LogP contribution in [0.1, 0.15) is 19.8 Å². The Morgan fingerprint density at radius 1 is 0.880 bits per heavy atom. The Bertz CT molecular complexity index is 1170. The van der Waals surface area contributed by atoms with Gasteiger partial charge >= 0.3 is 5.97 Å². The molecule has 10 nitrogen and oxygen atoms in total. The number of rotatable bonds is 4. The molecule has 0 spiro atoms. The number of hydrogen-bond acceptors (Lipinski definition) is 8. The van der Waals surface area contributed by atoms with Gasteiger partial charge in [0.05, 0.1) is 28.0 Å². The molecule has 0 radical (unpaired) electrons. The summed E-state index contributed by atoms with van der Waals surface area (Å²) >= 11 is 0. The van der Waals surface area contributed by atoms with Crippen molar-refractivity contribution in [2.45, 2.75) is 19.8 Å². The Balaban J connectivity index is 2.17. The maximum atomic E-state index is 12.2. The van der Waals surface area contributed by atoms with E-state index in [0.29, 0.717) is 0 Å². The molecular weight excluding hydrogens is 336 g/mol. The average molecular weight is 346 g/mol. The van der Waals surface area contributed by atoms with E-state index in [1.54, 1.807) is 0 Å². The van der Waals surface area contributed by atoms with Gasteiger partial charge in [-0.3, -0.25) is 19.2 Å². The van der Waals surface area contributed by atoms with E-state index < -0.39 is 28.2 Å². The molecule has 0 unspecified atom stereocenters. The van der Waals surface area contributed by atoms with Crippen LogP contribution in [0.25, 0.3) is 21.5 Å². The Morgan fingerprint density at radius 2 is 1.32 bits per heavy atom. The van der Waals surface area contributed by atoms with E-state index >= 15 is 0 Å². The molecule has 0 amide bonds. The van der Waals surface area contributed by atoms with Gasteiger partial charge in [-0.2, -0.15) is 0 Å². The quantitative estimate of drug-likeness (QED) is 0.561. The standard InChI is InChI=1S/C15H10N2O8/c1-6(18)2-3-11(19)25-17-14(22)9-4-7-8(5-10(9)15(17)23)13(21)16(24)12(7)20/h4-5,24H,2-3H2,1H3. The predicted molar refractivity (Wildman–Crippen MR) is 83.6 cm³/mol. The van der Waals surface area contributed by atoms with Crippen LogP contribution in [0.4, 0.5) is 0 Å². The number of benzene rings is 1. The van der Waals surface area contributed by atoms with Crippen LogP contribution in [-0.4, -0.2) is 26.4 Å². The minimum Gasteiger partial charge on any atom is -0.422 e. The van der Waals surface area contributed by atoms with Crippen LogP contribution in [-0.2, 0) is 9.59 Å². The van der Waals surface area contributed by atoms with Crippen LogP contribution in [0.2, 0.25) is 0 Å². The average Bonchev–Trinajstić information content (AvgIpc) is 2.93. The smallest absolute Gasteiger partial charge is 0.333 e. The van der Waals surface area contributed by atoms with Crippen LogP contribution in [0.5, 0.6) is 0 Å². The zero-order valence-corrected chi connectivity index (χ0v) is 12.8. The van der Waals surface area contributed by atoms with E-state index in [1.807, 2.05) is 0 Å². The fourth-order valence-electron chi connectivity index (χ4n) is 2.45. The van der Waals surface area contributed by atoms with E-state index in [-0.39, 0.29) is 49.6 Å². The fourth-order valence-corrected chi connectivity index (χ4v) is 2.45. The number of aromatic nitrogens is 2. The van der Waals surface area contributed by atoms with Crippen LogP contribution < -0.4 is 27.1 Å². The van der Waals surface area contributed by atoms with Crippen LogP contribution >= 0.6 is 0 Å². The highest BCUT2D eigenvalue weighted by atomic mass is 16.7. The van der Waals surface area contributed by atoms with Crippen LogP contribution in [0.3, 0.4) is 0 Å². The molecular formula is C15H10N2O8. The lowest BCUT2D eigenvalue weighted by atomic mass is 10.1. The van der Waals surface area contributed by atoms with Crippen molar-refractivity contribution < 1.29 is 19.6 Å². The lowest BCUT2D eigenvalue weighted by molar-refractivity contribution is -0.145. The maximum absolute atomic E-state index is 12.2.